The number of benzene rings is 1. The van der Waals surface area contributed by atoms with Crippen LogP contribution >= 0.6 is 15.9 Å². The predicted molar refractivity (Wildman–Crippen MR) is 90.7 cm³/mol. The van der Waals surface area contributed by atoms with Crippen molar-refractivity contribution in [3.63, 3.8) is 0 Å². The second-order valence-electron chi connectivity index (χ2n) is 6.09. The SMILES string of the molecule is Cc1ccc(NC(=O)N2CCN(CC(C)C)CC2)c(Br)c1. The van der Waals surface area contributed by atoms with Crippen molar-refractivity contribution in [3.8, 4) is 0 Å². The largest absolute Gasteiger partial charge is 0.322 e. The number of urea groups is 1. The minimum atomic E-state index is -0.0104. The number of hydrogen-bond donors (Lipinski definition) is 1. The fourth-order valence-electron chi connectivity index (χ4n) is 2.57. The molecule has 1 heterocycles. The van der Waals surface area contributed by atoms with E-state index in [0.29, 0.717) is 5.92 Å². The highest BCUT2D eigenvalue weighted by atomic mass is 79.9. The molecule has 1 aliphatic rings. The number of carbonyl (C=O) groups excluding carboxylic acids is 1. The molecule has 0 aromatic heterocycles. The smallest absolute Gasteiger partial charge is 0.321 e. The summed E-state index contributed by atoms with van der Waals surface area (Å²) in [5.41, 5.74) is 2.00. The van der Waals surface area contributed by atoms with Gasteiger partial charge < -0.3 is 10.2 Å². The van der Waals surface area contributed by atoms with Crippen molar-refractivity contribution in [3.05, 3.63) is 28.2 Å². The lowest BCUT2D eigenvalue weighted by atomic mass is 10.2. The number of carbonyl (C=O) groups is 1. The number of rotatable bonds is 3. The van der Waals surface area contributed by atoms with E-state index in [2.05, 4.69) is 40.0 Å². The molecular formula is C16H24BrN3O. The van der Waals surface area contributed by atoms with E-state index in [1.54, 1.807) is 0 Å². The topological polar surface area (TPSA) is 35.6 Å². The Kier molecular flexibility index (Phi) is 5.65. The van der Waals surface area contributed by atoms with Gasteiger partial charge in [-0.05, 0) is 46.5 Å². The zero-order chi connectivity index (χ0) is 15.4. The van der Waals surface area contributed by atoms with Gasteiger partial charge in [0.05, 0.1) is 5.69 Å². The highest BCUT2D eigenvalue weighted by Crippen LogP contribution is 2.23. The average molecular weight is 354 g/mol. The lowest BCUT2D eigenvalue weighted by Gasteiger charge is -2.35. The van der Waals surface area contributed by atoms with Crippen molar-refractivity contribution in [2.75, 3.05) is 38.0 Å². The summed E-state index contributed by atoms with van der Waals surface area (Å²) in [7, 11) is 0. The second kappa shape index (κ2) is 7.27. The van der Waals surface area contributed by atoms with E-state index in [1.807, 2.05) is 30.0 Å². The van der Waals surface area contributed by atoms with E-state index >= 15 is 0 Å². The summed E-state index contributed by atoms with van der Waals surface area (Å²) >= 11 is 3.49. The van der Waals surface area contributed by atoms with Crippen LogP contribution in [0.2, 0.25) is 0 Å². The number of hydrogen-bond acceptors (Lipinski definition) is 2. The second-order valence-corrected chi connectivity index (χ2v) is 6.95. The summed E-state index contributed by atoms with van der Waals surface area (Å²) in [4.78, 5) is 16.6. The molecule has 1 N–H and O–H groups in total. The Morgan fingerprint density at radius 1 is 1.29 bits per heavy atom. The Hall–Kier alpha value is -1.07. The van der Waals surface area contributed by atoms with Gasteiger partial charge in [-0.3, -0.25) is 4.90 Å². The van der Waals surface area contributed by atoms with Crippen molar-refractivity contribution in [1.29, 1.82) is 0 Å². The molecule has 0 aliphatic carbocycles. The number of halogens is 1. The van der Waals surface area contributed by atoms with Crippen molar-refractivity contribution < 1.29 is 4.79 Å². The molecule has 1 aromatic rings. The molecule has 21 heavy (non-hydrogen) atoms. The van der Waals surface area contributed by atoms with Crippen molar-refractivity contribution >= 4 is 27.6 Å². The molecule has 1 aliphatic heterocycles. The van der Waals surface area contributed by atoms with E-state index in [1.165, 1.54) is 5.56 Å². The molecule has 0 spiro atoms. The molecule has 1 saturated heterocycles. The van der Waals surface area contributed by atoms with Gasteiger partial charge in [-0.1, -0.05) is 19.9 Å². The van der Waals surface area contributed by atoms with Gasteiger partial charge in [-0.15, -0.1) is 0 Å². The van der Waals surface area contributed by atoms with E-state index in [-0.39, 0.29) is 6.03 Å². The molecule has 2 rings (SSSR count). The Morgan fingerprint density at radius 3 is 2.52 bits per heavy atom. The van der Waals surface area contributed by atoms with Crippen molar-refractivity contribution in [1.82, 2.24) is 9.80 Å². The Labute approximate surface area is 135 Å². The van der Waals surface area contributed by atoms with Gasteiger partial charge in [0.1, 0.15) is 0 Å². The third kappa shape index (κ3) is 4.71. The number of amides is 2. The quantitative estimate of drug-likeness (QED) is 0.901. The van der Waals surface area contributed by atoms with E-state index < -0.39 is 0 Å². The minimum absolute atomic E-state index is 0.0104. The van der Waals surface area contributed by atoms with E-state index in [0.717, 1.165) is 42.9 Å². The molecule has 4 nitrogen and oxygen atoms in total. The summed E-state index contributed by atoms with van der Waals surface area (Å²) in [5, 5.41) is 2.98. The maximum Gasteiger partial charge on any atom is 0.321 e. The van der Waals surface area contributed by atoms with Gasteiger partial charge >= 0.3 is 6.03 Å². The van der Waals surface area contributed by atoms with Crippen molar-refractivity contribution in [2.24, 2.45) is 5.92 Å². The molecular weight excluding hydrogens is 330 g/mol. The van der Waals surface area contributed by atoms with Crippen LogP contribution in [0.4, 0.5) is 10.5 Å². The van der Waals surface area contributed by atoms with Gasteiger partial charge in [0.25, 0.3) is 0 Å². The first-order valence-corrected chi connectivity index (χ1v) is 8.29. The van der Waals surface area contributed by atoms with Gasteiger partial charge in [-0.2, -0.15) is 0 Å². The van der Waals surface area contributed by atoms with Crippen LogP contribution in [0, 0.1) is 12.8 Å². The van der Waals surface area contributed by atoms with E-state index in [4.69, 9.17) is 0 Å². The minimum Gasteiger partial charge on any atom is -0.322 e. The summed E-state index contributed by atoms with van der Waals surface area (Å²) < 4.78 is 0.925. The highest BCUT2D eigenvalue weighted by molar-refractivity contribution is 9.10. The number of nitrogens with zero attached hydrogens (tertiary/aromatic N) is 2. The zero-order valence-corrected chi connectivity index (χ0v) is 14.6. The normalized spacial score (nSPS) is 16.3. The molecule has 1 aromatic carbocycles. The summed E-state index contributed by atoms with van der Waals surface area (Å²) in [5.74, 6) is 0.675. The first-order chi connectivity index (χ1) is 9.95. The monoisotopic (exact) mass is 353 g/mol. The third-order valence-electron chi connectivity index (χ3n) is 3.65. The number of piperazine rings is 1. The first kappa shape index (κ1) is 16.3. The lowest BCUT2D eigenvalue weighted by Crippen LogP contribution is -2.50. The van der Waals surface area contributed by atoms with Crippen molar-refractivity contribution in [2.45, 2.75) is 20.8 Å². The third-order valence-corrected chi connectivity index (χ3v) is 4.31. The fourth-order valence-corrected chi connectivity index (χ4v) is 3.16. The van der Waals surface area contributed by atoms with Crippen LogP contribution in [0.15, 0.2) is 22.7 Å². The molecule has 0 atom stereocenters. The first-order valence-electron chi connectivity index (χ1n) is 7.50. The summed E-state index contributed by atoms with van der Waals surface area (Å²) in [6.07, 6.45) is 0. The molecule has 0 saturated carbocycles. The van der Waals surface area contributed by atoms with Crippen LogP contribution in [0.25, 0.3) is 0 Å². The summed E-state index contributed by atoms with van der Waals surface area (Å²) in [6, 6.07) is 5.94. The average Bonchev–Trinajstić information content (AvgIpc) is 2.42. The molecule has 0 radical (unpaired) electrons. The highest BCUT2D eigenvalue weighted by Gasteiger charge is 2.21. The summed E-state index contributed by atoms with van der Waals surface area (Å²) in [6.45, 7) is 11.1. The Balaban J connectivity index is 1.87. The lowest BCUT2D eigenvalue weighted by molar-refractivity contribution is 0.138. The number of aryl methyl sites for hydroxylation is 1. The van der Waals surface area contributed by atoms with Crippen LogP contribution in [0.3, 0.4) is 0 Å². The van der Waals surface area contributed by atoms with Gasteiger partial charge in [0.2, 0.25) is 0 Å². The predicted octanol–water partition coefficient (Wildman–Crippen LogP) is 3.56. The molecule has 0 bridgehead atoms. The number of anilines is 1. The van der Waals surface area contributed by atoms with Gasteiger partial charge in [0, 0.05) is 37.2 Å². The Bertz CT molecular complexity index is 496. The van der Waals surface area contributed by atoms with Gasteiger partial charge in [-0.25, -0.2) is 4.79 Å². The Morgan fingerprint density at radius 2 is 1.95 bits per heavy atom. The van der Waals surface area contributed by atoms with Crippen LogP contribution < -0.4 is 5.32 Å². The van der Waals surface area contributed by atoms with Crippen LogP contribution in [0.1, 0.15) is 19.4 Å². The van der Waals surface area contributed by atoms with Crippen LogP contribution in [-0.4, -0.2) is 48.6 Å². The maximum atomic E-state index is 12.3. The molecule has 0 unspecified atom stereocenters. The molecule has 5 heteroatoms. The van der Waals surface area contributed by atoms with Crippen LogP contribution in [-0.2, 0) is 0 Å². The maximum absolute atomic E-state index is 12.3. The standard InChI is InChI=1S/C16H24BrN3O/c1-12(2)11-19-6-8-20(9-7-19)16(21)18-15-5-4-13(3)10-14(15)17/h4-5,10,12H,6-9,11H2,1-3H3,(H,18,21). The number of nitrogens with one attached hydrogen (secondary N) is 1. The molecule has 116 valence electrons. The van der Waals surface area contributed by atoms with E-state index in [9.17, 15) is 4.79 Å². The van der Waals surface area contributed by atoms with Crippen LogP contribution in [0.5, 0.6) is 0 Å². The molecule has 1 fully saturated rings. The zero-order valence-electron chi connectivity index (χ0n) is 13.0. The van der Waals surface area contributed by atoms with Gasteiger partial charge in [0.15, 0.2) is 0 Å². The fraction of sp³-hybridized carbons (Fsp3) is 0.562. The molecule has 2 amide bonds.